The predicted octanol–water partition coefficient (Wildman–Crippen LogP) is 1.53. The second-order valence-electron chi connectivity index (χ2n) is 6.08. The zero-order chi connectivity index (χ0) is 16.6. The fourth-order valence-corrected chi connectivity index (χ4v) is 2.95. The van der Waals surface area contributed by atoms with Crippen LogP contribution in [-0.2, 0) is 9.53 Å². The van der Waals surface area contributed by atoms with E-state index in [2.05, 4.69) is 5.32 Å². The number of nitrogens with zero attached hydrogens (tertiary/aromatic N) is 1. The van der Waals surface area contributed by atoms with Crippen molar-refractivity contribution in [2.45, 2.75) is 37.9 Å². The molecule has 0 bridgehead atoms. The fourth-order valence-electron chi connectivity index (χ4n) is 2.95. The third-order valence-corrected chi connectivity index (χ3v) is 4.30. The van der Waals surface area contributed by atoms with Gasteiger partial charge in [0.15, 0.2) is 0 Å². The second kappa shape index (κ2) is 6.16. The van der Waals surface area contributed by atoms with E-state index < -0.39 is 12.2 Å². The summed E-state index contributed by atoms with van der Waals surface area (Å²) in [7, 11) is 0. The van der Waals surface area contributed by atoms with Crippen LogP contribution in [0.1, 0.15) is 31.2 Å². The molecule has 2 aliphatic rings. The van der Waals surface area contributed by atoms with Gasteiger partial charge in [0.25, 0.3) is 0 Å². The number of halogens is 1. The summed E-state index contributed by atoms with van der Waals surface area (Å²) in [6, 6.07) is 4.67. The van der Waals surface area contributed by atoms with Crippen molar-refractivity contribution in [2.75, 3.05) is 18.0 Å². The summed E-state index contributed by atoms with van der Waals surface area (Å²) in [5.74, 6) is -0.535. The Balaban J connectivity index is 1.68. The van der Waals surface area contributed by atoms with E-state index >= 15 is 0 Å². The number of carbonyl (C=O) groups excluding carboxylic acids is 2. The van der Waals surface area contributed by atoms with E-state index in [0.717, 1.165) is 0 Å². The number of cyclic esters (lactones) is 1. The normalized spacial score (nSPS) is 26.7. The van der Waals surface area contributed by atoms with E-state index in [1.165, 1.54) is 17.9 Å². The van der Waals surface area contributed by atoms with Crippen molar-refractivity contribution in [3.63, 3.8) is 0 Å². The minimum atomic E-state index is -0.549. The van der Waals surface area contributed by atoms with Gasteiger partial charge in [-0.05, 0) is 36.5 Å². The Labute approximate surface area is 133 Å². The van der Waals surface area contributed by atoms with E-state index in [1.807, 2.05) is 0 Å². The molecule has 2 N–H and O–H groups in total. The van der Waals surface area contributed by atoms with Crippen LogP contribution in [0.15, 0.2) is 18.2 Å². The Morgan fingerprint density at radius 3 is 2.83 bits per heavy atom. The number of anilines is 1. The maximum Gasteiger partial charge on any atom is 0.414 e. The lowest BCUT2D eigenvalue weighted by Crippen LogP contribution is -2.33. The maximum atomic E-state index is 14.3. The summed E-state index contributed by atoms with van der Waals surface area (Å²) >= 11 is 0. The lowest BCUT2D eigenvalue weighted by molar-refractivity contribution is -0.119. The van der Waals surface area contributed by atoms with Gasteiger partial charge in [0.1, 0.15) is 11.9 Å². The van der Waals surface area contributed by atoms with Gasteiger partial charge in [-0.3, -0.25) is 9.69 Å². The van der Waals surface area contributed by atoms with Gasteiger partial charge in [-0.25, -0.2) is 9.18 Å². The highest BCUT2D eigenvalue weighted by Crippen LogP contribution is 2.39. The van der Waals surface area contributed by atoms with Crippen LogP contribution in [-0.4, -0.2) is 42.4 Å². The molecule has 1 aromatic rings. The molecule has 1 saturated carbocycles. The molecule has 1 aliphatic carbocycles. The summed E-state index contributed by atoms with van der Waals surface area (Å²) in [6.07, 6.45) is -0.202. The van der Waals surface area contributed by atoms with Gasteiger partial charge in [0.05, 0.1) is 24.9 Å². The van der Waals surface area contributed by atoms with Gasteiger partial charge in [0.2, 0.25) is 5.91 Å². The monoisotopic (exact) mass is 322 g/mol. The summed E-state index contributed by atoms with van der Waals surface area (Å²) in [4.78, 5) is 24.2. The van der Waals surface area contributed by atoms with Crippen LogP contribution in [0.25, 0.3) is 0 Å². The number of nitrogens with one attached hydrogen (secondary N) is 1. The number of hydrogen-bond acceptors (Lipinski definition) is 4. The smallest absolute Gasteiger partial charge is 0.414 e. The highest BCUT2D eigenvalue weighted by Gasteiger charge is 2.34. The first-order valence-corrected chi connectivity index (χ1v) is 7.64. The Bertz CT molecular complexity index is 631. The lowest BCUT2D eigenvalue weighted by atomic mass is 9.77. The second-order valence-corrected chi connectivity index (χ2v) is 6.08. The molecule has 0 unspecified atom stereocenters. The number of aliphatic hydroxyl groups is 1. The van der Waals surface area contributed by atoms with E-state index in [1.54, 1.807) is 12.1 Å². The van der Waals surface area contributed by atoms with Crippen LogP contribution in [0.5, 0.6) is 0 Å². The zero-order valence-electron chi connectivity index (χ0n) is 12.8. The van der Waals surface area contributed by atoms with Crippen LogP contribution in [0, 0.1) is 5.82 Å². The third kappa shape index (κ3) is 3.29. The van der Waals surface area contributed by atoms with Crippen molar-refractivity contribution < 1.29 is 23.8 Å². The molecule has 1 aliphatic heterocycles. The van der Waals surface area contributed by atoms with Gasteiger partial charge in [-0.15, -0.1) is 0 Å². The van der Waals surface area contributed by atoms with Crippen molar-refractivity contribution >= 4 is 17.7 Å². The molecule has 0 spiro atoms. The molecule has 2 fully saturated rings. The first kappa shape index (κ1) is 15.7. The first-order chi connectivity index (χ1) is 10.9. The van der Waals surface area contributed by atoms with Crippen LogP contribution in [0.4, 0.5) is 14.9 Å². The molecule has 1 saturated heterocycles. The van der Waals surface area contributed by atoms with Crippen molar-refractivity contribution in [2.24, 2.45) is 0 Å². The maximum absolute atomic E-state index is 14.3. The molecule has 7 heteroatoms. The molecule has 0 aromatic heterocycles. The Kier molecular flexibility index (Phi) is 4.21. The van der Waals surface area contributed by atoms with Crippen molar-refractivity contribution in [3.8, 4) is 0 Å². The fraction of sp³-hybridized carbons (Fsp3) is 0.500. The largest absolute Gasteiger partial charge is 0.442 e. The molecular formula is C16H19FN2O4. The molecular weight excluding hydrogens is 303 g/mol. The number of ether oxygens (including phenoxy) is 1. The van der Waals surface area contributed by atoms with Crippen LogP contribution in [0.2, 0.25) is 0 Å². The van der Waals surface area contributed by atoms with E-state index in [4.69, 9.17) is 4.74 Å². The van der Waals surface area contributed by atoms with Gasteiger partial charge in [0, 0.05) is 6.92 Å². The Morgan fingerprint density at radius 2 is 2.22 bits per heavy atom. The van der Waals surface area contributed by atoms with Crippen molar-refractivity contribution in [1.29, 1.82) is 0 Å². The number of amides is 2. The van der Waals surface area contributed by atoms with E-state index in [0.29, 0.717) is 24.1 Å². The van der Waals surface area contributed by atoms with Gasteiger partial charge in [-0.2, -0.15) is 0 Å². The van der Waals surface area contributed by atoms with E-state index in [9.17, 15) is 19.1 Å². The molecule has 124 valence electrons. The highest BCUT2D eigenvalue weighted by molar-refractivity contribution is 5.89. The summed E-state index contributed by atoms with van der Waals surface area (Å²) in [5.41, 5.74) is 1.00. The van der Waals surface area contributed by atoms with Gasteiger partial charge < -0.3 is 15.2 Å². The Hall–Kier alpha value is -2.15. The van der Waals surface area contributed by atoms with Crippen LogP contribution >= 0.6 is 0 Å². The number of hydrogen-bond donors (Lipinski definition) is 2. The molecule has 2 amide bonds. The minimum absolute atomic E-state index is 0.0390. The summed E-state index contributed by atoms with van der Waals surface area (Å²) < 4.78 is 19.4. The SMILES string of the molecule is CC(=O)NC[C@H]1CN(c2ccc(C3CC(O)C3)c(F)c2)C(=O)O1. The molecule has 0 radical (unpaired) electrons. The predicted molar refractivity (Wildman–Crippen MR) is 80.7 cm³/mol. The third-order valence-electron chi connectivity index (χ3n) is 4.30. The minimum Gasteiger partial charge on any atom is -0.442 e. The molecule has 23 heavy (non-hydrogen) atoms. The topological polar surface area (TPSA) is 78.9 Å². The van der Waals surface area contributed by atoms with Crippen molar-refractivity contribution in [1.82, 2.24) is 5.32 Å². The number of aliphatic hydroxyl groups excluding tert-OH is 1. The van der Waals surface area contributed by atoms with E-state index in [-0.39, 0.29) is 36.8 Å². The van der Waals surface area contributed by atoms with Crippen molar-refractivity contribution in [3.05, 3.63) is 29.6 Å². The van der Waals surface area contributed by atoms with Gasteiger partial charge in [-0.1, -0.05) is 6.07 Å². The molecule has 3 rings (SSSR count). The standard InChI is InChI=1S/C16H19FN2O4/c1-9(20)18-7-13-8-19(16(22)23-13)11-2-3-14(15(17)6-11)10-4-12(21)5-10/h2-3,6,10,12-13,21H,4-5,7-8H2,1H3,(H,18,20)/t10?,12?,13-/m0/s1. The zero-order valence-corrected chi connectivity index (χ0v) is 12.8. The van der Waals surface area contributed by atoms with Crippen LogP contribution < -0.4 is 10.2 Å². The lowest BCUT2D eigenvalue weighted by Gasteiger charge is -2.32. The Morgan fingerprint density at radius 1 is 1.48 bits per heavy atom. The molecule has 1 aromatic carbocycles. The quantitative estimate of drug-likeness (QED) is 0.881. The number of benzene rings is 1. The number of rotatable bonds is 4. The summed E-state index contributed by atoms with van der Waals surface area (Å²) in [6.45, 7) is 1.89. The highest BCUT2D eigenvalue weighted by atomic mass is 19.1. The molecule has 1 heterocycles. The molecule has 1 atom stereocenters. The summed E-state index contributed by atoms with van der Waals surface area (Å²) in [5, 5.41) is 11.9. The first-order valence-electron chi connectivity index (χ1n) is 7.64. The average Bonchev–Trinajstić information content (AvgIpc) is 2.83. The van der Waals surface area contributed by atoms with Crippen LogP contribution in [0.3, 0.4) is 0 Å². The molecule has 6 nitrogen and oxygen atoms in total. The average molecular weight is 322 g/mol. The number of carbonyl (C=O) groups is 2. The van der Waals surface area contributed by atoms with Gasteiger partial charge >= 0.3 is 6.09 Å².